The Morgan fingerprint density at radius 3 is 2.61 bits per heavy atom. The molecule has 2 N–H and O–H groups in total. The predicted molar refractivity (Wildman–Crippen MR) is 105 cm³/mol. The zero-order chi connectivity index (χ0) is 20.9. The molecule has 28 heavy (non-hydrogen) atoms. The van der Waals surface area contributed by atoms with Crippen molar-refractivity contribution in [2.45, 2.75) is 45.8 Å². The Morgan fingerprint density at radius 2 is 2.00 bits per heavy atom. The number of aldehydes is 1. The highest BCUT2D eigenvalue weighted by molar-refractivity contribution is 6.01. The van der Waals surface area contributed by atoms with Crippen molar-refractivity contribution in [1.29, 1.82) is 0 Å². The minimum absolute atomic E-state index is 0.156. The Kier molecular flexibility index (Phi) is 6.96. The molecule has 0 spiro atoms. The van der Waals surface area contributed by atoms with Crippen LogP contribution in [0.3, 0.4) is 0 Å². The lowest BCUT2D eigenvalue weighted by Gasteiger charge is -2.34. The zero-order valence-electron chi connectivity index (χ0n) is 16.8. The van der Waals surface area contributed by atoms with Crippen LogP contribution in [0.4, 0.5) is 4.79 Å². The number of nitrogens with one attached hydrogen (secondary N) is 1. The summed E-state index contributed by atoms with van der Waals surface area (Å²) in [6.45, 7) is 8.09. The van der Waals surface area contributed by atoms with E-state index in [1.165, 1.54) is 4.90 Å². The Bertz CT molecular complexity index is 779. The lowest BCUT2D eigenvalue weighted by molar-refractivity contribution is 0.0123. The number of hydrogen-bond acceptors (Lipinski definition) is 5. The van der Waals surface area contributed by atoms with Gasteiger partial charge in [-0.1, -0.05) is 23.8 Å². The largest absolute Gasteiger partial charge is 0.444 e. The molecule has 1 aromatic carbocycles. The molecule has 1 aromatic rings. The van der Waals surface area contributed by atoms with E-state index in [4.69, 9.17) is 4.74 Å². The van der Waals surface area contributed by atoms with E-state index in [0.29, 0.717) is 30.4 Å². The monoisotopic (exact) mass is 388 g/mol. The molecule has 2 rings (SSSR count). The third kappa shape index (κ3) is 5.66. The normalized spacial score (nSPS) is 19.0. The smallest absolute Gasteiger partial charge is 0.410 e. The molecule has 0 aromatic heterocycles. The SMILES string of the molecule is C/C(CNC(=O)c1ccccc1C=O)=C1\CCN(C(=O)OC(C)(C)C)CC1O. The van der Waals surface area contributed by atoms with Gasteiger partial charge in [0.2, 0.25) is 0 Å². The number of carbonyl (C=O) groups excluding carboxylic acids is 3. The molecule has 1 saturated heterocycles. The molecular weight excluding hydrogens is 360 g/mol. The Labute approximate surface area is 165 Å². The minimum Gasteiger partial charge on any atom is -0.444 e. The number of aliphatic hydroxyl groups is 1. The number of aliphatic hydroxyl groups excluding tert-OH is 1. The highest BCUT2D eigenvalue weighted by Crippen LogP contribution is 2.22. The Hall–Kier alpha value is -2.67. The summed E-state index contributed by atoms with van der Waals surface area (Å²) < 4.78 is 5.35. The fraction of sp³-hybridized carbons (Fsp3) is 0.476. The number of carbonyl (C=O) groups is 3. The van der Waals surface area contributed by atoms with Gasteiger partial charge in [0.05, 0.1) is 12.6 Å². The molecule has 152 valence electrons. The lowest BCUT2D eigenvalue weighted by Crippen LogP contribution is -2.46. The van der Waals surface area contributed by atoms with Crippen molar-refractivity contribution >= 4 is 18.3 Å². The minimum atomic E-state index is -0.805. The maximum atomic E-state index is 12.3. The van der Waals surface area contributed by atoms with E-state index < -0.39 is 17.8 Å². The van der Waals surface area contributed by atoms with Gasteiger partial charge < -0.3 is 20.1 Å². The fourth-order valence-corrected chi connectivity index (χ4v) is 3.05. The summed E-state index contributed by atoms with van der Waals surface area (Å²) in [6.07, 6.45) is -0.0916. The molecular formula is C21H28N2O5. The molecule has 1 unspecified atom stereocenters. The summed E-state index contributed by atoms with van der Waals surface area (Å²) in [5.41, 5.74) is 1.71. The molecule has 0 saturated carbocycles. The molecule has 0 radical (unpaired) electrons. The van der Waals surface area contributed by atoms with Crippen molar-refractivity contribution in [3.63, 3.8) is 0 Å². The van der Waals surface area contributed by atoms with Crippen molar-refractivity contribution in [1.82, 2.24) is 10.2 Å². The third-order valence-corrected chi connectivity index (χ3v) is 4.49. The van der Waals surface area contributed by atoms with Crippen molar-refractivity contribution < 1.29 is 24.2 Å². The molecule has 1 fully saturated rings. The number of piperidine rings is 1. The summed E-state index contributed by atoms with van der Waals surface area (Å²) in [6, 6.07) is 6.57. The van der Waals surface area contributed by atoms with Gasteiger partial charge >= 0.3 is 6.09 Å². The molecule has 7 heteroatoms. The highest BCUT2D eigenvalue weighted by atomic mass is 16.6. The number of nitrogens with zero attached hydrogens (tertiary/aromatic N) is 1. The van der Waals surface area contributed by atoms with E-state index in [-0.39, 0.29) is 19.0 Å². The van der Waals surface area contributed by atoms with Crippen LogP contribution in [0.2, 0.25) is 0 Å². The molecule has 0 aliphatic carbocycles. The maximum Gasteiger partial charge on any atom is 0.410 e. The first-order valence-corrected chi connectivity index (χ1v) is 9.29. The van der Waals surface area contributed by atoms with Gasteiger partial charge in [0.15, 0.2) is 6.29 Å². The van der Waals surface area contributed by atoms with Crippen molar-refractivity contribution in [3.8, 4) is 0 Å². The zero-order valence-corrected chi connectivity index (χ0v) is 16.8. The van der Waals surface area contributed by atoms with Gasteiger partial charge in [0.25, 0.3) is 5.91 Å². The Balaban J connectivity index is 1.98. The van der Waals surface area contributed by atoms with Gasteiger partial charge in [-0.15, -0.1) is 0 Å². The van der Waals surface area contributed by atoms with Crippen molar-refractivity contribution in [2.24, 2.45) is 0 Å². The molecule has 1 heterocycles. The molecule has 1 aliphatic rings. The first kappa shape index (κ1) is 21.6. The highest BCUT2D eigenvalue weighted by Gasteiger charge is 2.30. The number of hydrogen-bond donors (Lipinski definition) is 2. The van der Waals surface area contributed by atoms with Gasteiger partial charge in [0, 0.05) is 24.2 Å². The first-order chi connectivity index (χ1) is 13.1. The second-order valence-corrected chi connectivity index (χ2v) is 7.89. The van der Waals surface area contributed by atoms with Crippen LogP contribution < -0.4 is 5.32 Å². The molecule has 0 bridgehead atoms. The standard InChI is InChI=1S/C21H28N2O5/c1-14(11-22-19(26)17-8-6-5-7-15(17)13-24)16-9-10-23(12-18(16)25)20(27)28-21(2,3)4/h5-8,13,18,25H,9-12H2,1-4H3,(H,22,26)/b16-14-. The van der Waals surface area contributed by atoms with Crippen LogP contribution in [0.5, 0.6) is 0 Å². The third-order valence-electron chi connectivity index (χ3n) is 4.49. The summed E-state index contributed by atoms with van der Waals surface area (Å²) in [5.74, 6) is -0.344. The van der Waals surface area contributed by atoms with Crippen LogP contribution in [0.15, 0.2) is 35.4 Å². The number of likely N-dealkylation sites (tertiary alicyclic amines) is 1. The second kappa shape index (κ2) is 9.01. The van der Waals surface area contributed by atoms with Gasteiger partial charge in [-0.25, -0.2) is 4.79 Å². The van der Waals surface area contributed by atoms with Gasteiger partial charge in [-0.2, -0.15) is 0 Å². The lowest BCUT2D eigenvalue weighted by atomic mass is 9.96. The number of β-amino-alcohol motifs (C(OH)–C–C–N with tert-alkyl or cyclic N) is 1. The van der Waals surface area contributed by atoms with E-state index in [2.05, 4.69) is 5.32 Å². The molecule has 2 amide bonds. The summed E-state index contributed by atoms with van der Waals surface area (Å²) in [5, 5.41) is 13.2. The van der Waals surface area contributed by atoms with Crippen LogP contribution in [0, 0.1) is 0 Å². The molecule has 1 atom stereocenters. The van der Waals surface area contributed by atoms with Crippen LogP contribution in [0.25, 0.3) is 0 Å². The van der Waals surface area contributed by atoms with E-state index in [0.717, 1.165) is 11.1 Å². The second-order valence-electron chi connectivity index (χ2n) is 7.89. The van der Waals surface area contributed by atoms with Crippen molar-refractivity contribution in [2.75, 3.05) is 19.6 Å². The van der Waals surface area contributed by atoms with E-state index in [1.54, 1.807) is 45.0 Å². The predicted octanol–water partition coefficient (Wildman–Crippen LogP) is 2.55. The van der Waals surface area contributed by atoms with Gasteiger partial charge in [-0.05, 0) is 45.8 Å². The average Bonchev–Trinajstić information content (AvgIpc) is 2.64. The van der Waals surface area contributed by atoms with Gasteiger partial charge in [0.1, 0.15) is 5.60 Å². The van der Waals surface area contributed by atoms with Crippen LogP contribution in [-0.4, -0.2) is 59.6 Å². The number of rotatable bonds is 4. The summed E-state index contributed by atoms with van der Waals surface area (Å²) in [7, 11) is 0. The number of amides is 2. The van der Waals surface area contributed by atoms with Crippen molar-refractivity contribution in [3.05, 3.63) is 46.5 Å². The quantitative estimate of drug-likeness (QED) is 0.610. The Morgan fingerprint density at radius 1 is 1.32 bits per heavy atom. The van der Waals surface area contributed by atoms with Gasteiger partial charge in [-0.3, -0.25) is 9.59 Å². The maximum absolute atomic E-state index is 12.3. The van der Waals surface area contributed by atoms with E-state index >= 15 is 0 Å². The number of benzene rings is 1. The fourth-order valence-electron chi connectivity index (χ4n) is 3.05. The van der Waals surface area contributed by atoms with Crippen LogP contribution >= 0.6 is 0 Å². The van der Waals surface area contributed by atoms with Crippen LogP contribution in [0.1, 0.15) is 54.8 Å². The summed E-state index contributed by atoms with van der Waals surface area (Å²) >= 11 is 0. The van der Waals surface area contributed by atoms with E-state index in [1.807, 2.05) is 6.92 Å². The van der Waals surface area contributed by atoms with E-state index in [9.17, 15) is 19.5 Å². The molecule has 7 nitrogen and oxygen atoms in total. The van der Waals surface area contributed by atoms with Crippen LogP contribution in [-0.2, 0) is 4.74 Å². The summed E-state index contributed by atoms with van der Waals surface area (Å²) in [4.78, 5) is 37.1. The average molecular weight is 388 g/mol. The molecule has 1 aliphatic heterocycles. The number of ether oxygens (including phenoxy) is 1. The first-order valence-electron chi connectivity index (χ1n) is 9.29. The topological polar surface area (TPSA) is 95.9 Å².